The molecule has 3 nitrogen and oxygen atoms in total. The van der Waals surface area contributed by atoms with Crippen molar-refractivity contribution in [3.63, 3.8) is 0 Å². The number of nitrogens with zero attached hydrogens (tertiary/aromatic N) is 1. The van der Waals surface area contributed by atoms with E-state index in [0.29, 0.717) is 11.8 Å². The van der Waals surface area contributed by atoms with Crippen molar-refractivity contribution in [3.8, 4) is 0 Å². The van der Waals surface area contributed by atoms with E-state index in [4.69, 9.17) is 8.85 Å². The molecule has 0 amide bonds. The maximum absolute atomic E-state index is 5.61. The zero-order chi connectivity index (χ0) is 14.8. The zero-order valence-corrected chi connectivity index (χ0v) is 16.2. The van der Waals surface area contributed by atoms with Crippen LogP contribution in [0.15, 0.2) is 18.3 Å². The van der Waals surface area contributed by atoms with Crippen LogP contribution in [0.2, 0.25) is 12.1 Å². The quantitative estimate of drug-likeness (QED) is 0.491. The van der Waals surface area contributed by atoms with Gasteiger partial charge in [-0.05, 0) is 49.4 Å². The van der Waals surface area contributed by atoms with E-state index in [0.717, 1.165) is 13.2 Å². The minimum Gasteiger partial charge on any atom is -0.424 e. The van der Waals surface area contributed by atoms with Gasteiger partial charge in [0, 0.05) is 25.1 Å². The highest BCUT2D eigenvalue weighted by molar-refractivity contribution is 6.27. The first-order chi connectivity index (χ1) is 9.70. The second-order valence-electron chi connectivity index (χ2n) is 5.25. The molecule has 0 spiro atoms. The van der Waals surface area contributed by atoms with Crippen LogP contribution in [0, 0.1) is 0 Å². The Balaban J connectivity index is 2.66. The van der Waals surface area contributed by atoms with Crippen molar-refractivity contribution in [2.24, 2.45) is 0 Å². The Morgan fingerprint density at radius 2 is 1.65 bits per heavy atom. The van der Waals surface area contributed by atoms with Gasteiger partial charge in [-0.1, -0.05) is 19.9 Å². The molecule has 0 aliphatic heterocycles. The normalized spacial score (nSPS) is 15.4. The summed E-state index contributed by atoms with van der Waals surface area (Å²) in [6, 6.07) is 6.67. The molecule has 0 bridgehead atoms. The molecule has 0 saturated heterocycles. The van der Waals surface area contributed by atoms with Crippen molar-refractivity contribution in [1.29, 1.82) is 0 Å². The summed E-state index contributed by atoms with van der Waals surface area (Å²) in [6.45, 7) is 10.4. The lowest BCUT2D eigenvalue weighted by atomic mass is 9.95. The fourth-order valence-electron chi connectivity index (χ4n) is 2.36. The number of pyridine rings is 1. The van der Waals surface area contributed by atoms with Gasteiger partial charge in [-0.2, -0.15) is 0 Å². The van der Waals surface area contributed by atoms with E-state index in [1.807, 2.05) is 6.20 Å². The van der Waals surface area contributed by atoms with Crippen LogP contribution in [0.5, 0.6) is 0 Å². The summed E-state index contributed by atoms with van der Waals surface area (Å²) in [5, 5.41) is 0. The lowest BCUT2D eigenvalue weighted by Crippen LogP contribution is -2.10. The topological polar surface area (TPSA) is 31.4 Å². The Kier molecular flexibility index (Phi) is 9.01. The van der Waals surface area contributed by atoms with E-state index in [2.05, 4.69) is 44.8 Å². The van der Waals surface area contributed by atoms with E-state index in [-0.39, 0.29) is 9.76 Å². The number of aromatic nitrogens is 1. The highest BCUT2D eigenvalue weighted by Gasteiger charge is 2.16. The lowest BCUT2D eigenvalue weighted by Gasteiger charge is -2.19. The molecule has 0 radical (unpaired) electrons. The second kappa shape index (κ2) is 10.3. The largest absolute Gasteiger partial charge is 0.424 e. The Morgan fingerprint density at radius 1 is 1.05 bits per heavy atom. The minimum absolute atomic E-state index is 0.384. The molecule has 5 heteroatoms. The molecule has 114 valence electrons. The maximum Gasteiger partial charge on any atom is 0.162 e. The summed E-state index contributed by atoms with van der Waals surface area (Å²) in [6.07, 6.45) is 1.92. The van der Waals surface area contributed by atoms with Gasteiger partial charge in [0.05, 0.1) is 0 Å². The molecule has 20 heavy (non-hydrogen) atoms. The van der Waals surface area contributed by atoms with Crippen LogP contribution < -0.4 is 0 Å². The van der Waals surface area contributed by atoms with Crippen molar-refractivity contribution in [1.82, 2.24) is 4.98 Å². The van der Waals surface area contributed by atoms with E-state index in [1.54, 1.807) is 0 Å². The average molecular weight is 312 g/mol. The van der Waals surface area contributed by atoms with Crippen molar-refractivity contribution < 1.29 is 8.85 Å². The molecule has 1 aromatic heterocycles. The standard InChI is InChI=1S/C15H29NO2Si2/c1-5-17-19-10-12(3)14-8-7-9-16-15(14)13(4)11-20-18-6-2/h7-9,12-13H,5-6,10-11,19-20H2,1-4H3. The van der Waals surface area contributed by atoms with Crippen LogP contribution in [-0.2, 0) is 8.85 Å². The minimum atomic E-state index is -0.396. The Hall–Kier alpha value is -0.496. The SMILES string of the molecule is CCO[SiH2]CC(C)c1cccnc1C(C)C[SiH2]OCC. The average Bonchev–Trinajstić information content (AvgIpc) is 2.47. The molecule has 0 fully saturated rings. The van der Waals surface area contributed by atoms with Gasteiger partial charge in [-0.3, -0.25) is 4.98 Å². The number of rotatable bonds is 10. The molecule has 1 heterocycles. The monoisotopic (exact) mass is 311 g/mol. The molecule has 2 atom stereocenters. The highest BCUT2D eigenvalue weighted by Crippen LogP contribution is 2.28. The Morgan fingerprint density at radius 3 is 2.25 bits per heavy atom. The van der Waals surface area contributed by atoms with Crippen molar-refractivity contribution >= 4 is 19.5 Å². The molecule has 2 unspecified atom stereocenters. The highest BCUT2D eigenvalue weighted by atomic mass is 28.2. The van der Waals surface area contributed by atoms with Gasteiger partial charge >= 0.3 is 0 Å². The van der Waals surface area contributed by atoms with Gasteiger partial charge in [0.2, 0.25) is 0 Å². The third-order valence-corrected chi connectivity index (χ3v) is 7.26. The van der Waals surface area contributed by atoms with Crippen molar-refractivity contribution in [2.45, 2.75) is 51.6 Å². The predicted octanol–water partition coefficient (Wildman–Crippen LogP) is 2.37. The molecule has 0 saturated carbocycles. The summed E-state index contributed by atoms with van der Waals surface area (Å²) in [5.74, 6) is 1.08. The second-order valence-corrected chi connectivity index (χ2v) is 8.04. The van der Waals surface area contributed by atoms with Crippen LogP contribution >= 0.6 is 0 Å². The first-order valence-electron chi connectivity index (χ1n) is 7.80. The van der Waals surface area contributed by atoms with E-state index in [9.17, 15) is 0 Å². The van der Waals surface area contributed by atoms with Gasteiger partial charge in [0.1, 0.15) is 0 Å². The van der Waals surface area contributed by atoms with Gasteiger partial charge in [0.25, 0.3) is 0 Å². The lowest BCUT2D eigenvalue weighted by molar-refractivity contribution is 0.357. The Bertz CT molecular complexity index is 342. The fourth-order valence-corrected chi connectivity index (χ4v) is 4.56. The summed E-state index contributed by atoms with van der Waals surface area (Å²) in [7, 11) is -0.780. The van der Waals surface area contributed by atoms with Crippen LogP contribution in [-0.4, -0.2) is 37.7 Å². The van der Waals surface area contributed by atoms with Crippen LogP contribution in [0.4, 0.5) is 0 Å². The summed E-state index contributed by atoms with van der Waals surface area (Å²) >= 11 is 0. The van der Waals surface area contributed by atoms with Crippen molar-refractivity contribution in [2.75, 3.05) is 13.2 Å². The molecular formula is C15H29NO2Si2. The molecule has 0 aliphatic carbocycles. The van der Waals surface area contributed by atoms with Crippen LogP contribution in [0.3, 0.4) is 0 Å². The summed E-state index contributed by atoms with van der Waals surface area (Å²) in [5.41, 5.74) is 2.69. The molecule has 1 rings (SSSR count). The predicted molar refractivity (Wildman–Crippen MR) is 91.0 cm³/mol. The zero-order valence-electron chi connectivity index (χ0n) is 13.4. The third-order valence-electron chi connectivity index (χ3n) is 3.67. The van der Waals surface area contributed by atoms with Gasteiger partial charge in [-0.25, -0.2) is 0 Å². The van der Waals surface area contributed by atoms with Crippen molar-refractivity contribution in [3.05, 3.63) is 29.6 Å². The van der Waals surface area contributed by atoms with Gasteiger partial charge in [0.15, 0.2) is 19.5 Å². The third kappa shape index (κ3) is 5.87. The number of hydrogen-bond acceptors (Lipinski definition) is 3. The molecule has 0 N–H and O–H groups in total. The molecule has 0 aromatic carbocycles. The van der Waals surface area contributed by atoms with E-state index in [1.165, 1.54) is 23.3 Å². The summed E-state index contributed by atoms with van der Waals surface area (Å²) < 4.78 is 11.2. The van der Waals surface area contributed by atoms with Gasteiger partial charge < -0.3 is 8.85 Å². The molecular weight excluding hydrogens is 282 g/mol. The first kappa shape index (κ1) is 17.6. The van der Waals surface area contributed by atoms with Crippen LogP contribution in [0.1, 0.15) is 50.8 Å². The maximum atomic E-state index is 5.61. The molecule has 0 aliphatic rings. The fraction of sp³-hybridized carbons (Fsp3) is 0.667. The molecule has 1 aromatic rings. The van der Waals surface area contributed by atoms with Crippen LogP contribution in [0.25, 0.3) is 0 Å². The van der Waals surface area contributed by atoms with E-state index < -0.39 is 9.76 Å². The number of hydrogen-bond donors (Lipinski definition) is 0. The smallest absolute Gasteiger partial charge is 0.162 e. The summed E-state index contributed by atoms with van der Waals surface area (Å²) in [4.78, 5) is 4.65. The van der Waals surface area contributed by atoms with E-state index >= 15 is 0 Å². The first-order valence-corrected chi connectivity index (χ1v) is 11.0. The Labute approximate surface area is 128 Å². The van der Waals surface area contributed by atoms with Gasteiger partial charge in [-0.15, -0.1) is 0 Å².